The van der Waals surface area contributed by atoms with Crippen LogP contribution in [0.3, 0.4) is 0 Å². The lowest BCUT2D eigenvalue weighted by Gasteiger charge is -2.31. The first-order valence-corrected chi connectivity index (χ1v) is 8.91. The zero-order chi connectivity index (χ0) is 17.2. The molecule has 1 N–H and O–H groups in total. The Bertz CT molecular complexity index is 870. The van der Waals surface area contributed by atoms with Crippen LogP contribution in [0.5, 0.6) is 0 Å². The van der Waals surface area contributed by atoms with Crippen LogP contribution in [0.2, 0.25) is 0 Å². The molecule has 0 atom stereocenters. The van der Waals surface area contributed by atoms with E-state index in [1.807, 2.05) is 29.6 Å². The highest BCUT2D eigenvalue weighted by Gasteiger charge is 2.27. The summed E-state index contributed by atoms with van der Waals surface area (Å²) < 4.78 is 5.45. The zero-order valence-electron chi connectivity index (χ0n) is 13.3. The molecule has 128 valence electrons. The molecule has 7 nitrogen and oxygen atoms in total. The monoisotopic (exact) mass is 356 g/mol. The van der Waals surface area contributed by atoms with Crippen molar-refractivity contribution in [3.8, 4) is 22.2 Å². The van der Waals surface area contributed by atoms with E-state index in [1.165, 1.54) is 0 Å². The highest BCUT2D eigenvalue weighted by Crippen LogP contribution is 2.32. The van der Waals surface area contributed by atoms with Crippen molar-refractivity contribution >= 4 is 23.1 Å². The normalized spacial score (nSPS) is 15.4. The summed E-state index contributed by atoms with van der Waals surface area (Å²) in [6, 6.07) is 7.62. The molecule has 0 aromatic carbocycles. The van der Waals surface area contributed by atoms with E-state index in [9.17, 15) is 4.79 Å². The molecule has 4 heterocycles. The van der Waals surface area contributed by atoms with E-state index in [0.29, 0.717) is 37.6 Å². The van der Waals surface area contributed by atoms with Crippen LogP contribution in [0.15, 0.2) is 40.4 Å². The fourth-order valence-corrected chi connectivity index (χ4v) is 3.64. The van der Waals surface area contributed by atoms with Gasteiger partial charge in [0.25, 0.3) is 5.89 Å². The van der Waals surface area contributed by atoms with Gasteiger partial charge < -0.3 is 14.5 Å². The van der Waals surface area contributed by atoms with Crippen molar-refractivity contribution in [2.45, 2.75) is 12.8 Å². The number of piperidine rings is 1. The zero-order valence-corrected chi connectivity index (χ0v) is 14.1. The predicted molar refractivity (Wildman–Crippen MR) is 93.4 cm³/mol. The standard InChI is InChI=1S/C17H16N4O3S/c22-17(23)11-5-8-21(9-6-11)15-12(3-1-7-18-15)16-19-14(20-24-16)13-4-2-10-25-13/h1-4,7,10-11H,5-6,8-9H2,(H,22,23). The topological polar surface area (TPSA) is 92.3 Å². The number of aliphatic carboxylic acids is 1. The van der Waals surface area contributed by atoms with Gasteiger partial charge in [-0.05, 0) is 36.4 Å². The number of anilines is 1. The Kier molecular flexibility index (Phi) is 4.19. The van der Waals surface area contributed by atoms with Crippen LogP contribution in [-0.4, -0.2) is 39.3 Å². The second kappa shape index (κ2) is 6.64. The van der Waals surface area contributed by atoms with E-state index in [1.54, 1.807) is 17.5 Å². The van der Waals surface area contributed by atoms with Crippen LogP contribution in [0.1, 0.15) is 12.8 Å². The van der Waals surface area contributed by atoms with E-state index in [-0.39, 0.29) is 5.92 Å². The number of pyridine rings is 1. The lowest BCUT2D eigenvalue weighted by Crippen LogP contribution is -2.37. The third-order valence-electron chi connectivity index (χ3n) is 4.33. The maximum Gasteiger partial charge on any atom is 0.306 e. The third kappa shape index (κ3) is 3.12. The van der Waals surface area contributed by atoms with Crippen molar-refractivity contribution in [3.63, 3.8) is 0 Å². The number of aromatic nitrogens is 3. The van der Waals surface area contributed by atoms with Gasteiger partial charge in [0.2, 0.25) is 5.82 Å². The van der Waals surface area contributed by atoms with Gasteiger partial charge >= 0.3 is 5.97 Å². The Morgan fingerprint density at radius 1 is 1.28 bits per heavy atom. The molecule has 1 aliphatic rings. The highest BCUT2D eigenvalue weighted by atomic mass is 32.1. The fraction of sp³-hybridized carbons (Fsp3) is 0.294. The third-order valence-corrected chi connectivity index (χ3v) is 5.19. The van der Waals surface area contributed by atoms with Gasteiger partial charge in [-0.1, -0.05) is 11.2 Å². The van der Waals surface area contributed by atoms with Gasteiger partial charge in [0.15, 0.2) is 0 Å². The Hall–Kier alpha value is -2.74. The van der Waals surface area contributed by atoms with Gasteiger partial charge in [0.05, 0.1) is 16.4 Å². The van der Waals surface area contributed by atoms with Gasteiger partial charge in [-0.3, -0.25) is 4.79 Å². The molecule has 1 fully saturated rings. The Balaban J connectivity index is 1.61. The minimum atomic E-state index is -0.724. The molecule has 1 aliphatic heterocycles. The van der Waals surface area contributed by atoms with Crippen molar-refractivity contribution in [3.05, 3.63) is 35.8 Å². The number of nitrogens with zero attached hydrogens (tertiary/aromatic N) is 4. The smallest absolute Gasteiger partial charge is 0.306 e. The minimum absolute atomic E-state index is 0.280. The van der Waals surface area contributed by atoms with E-state index in [0.717, 1.165) is 16.3 Å². The maximum atomic E-state index is 11.1. The van der Waals surface area contributed by atoms with E-state index < -0.39 is 5.97 Å². The number of hydrogen-bond acceptors (Lipinski definition) is 7. The fourth-order valence-electron chi connectivity index (χ4n) is 2.99. The average molecular weight is 356 g/mol. The van der Waals surface area contributed by atoms with E-state index in [2.05, 4.69) is 20.0 Å². The maximum absolute atomic E-state index is 11.1. The summed E-state index contributed by atoms with van der Waals surface area (Å²) in [7, 11) is 0. The molecule has 0 bridgehead atoms. The van der Waals surface area contributed by atoms with Crippen LogP contribution in [0, 0.1) is 5.92 Å². The molecule has 0 spiro atoms. The molecule has 0 aliphatic carbocycles. The van der Waals surface area contributed by atoms with Crippen LogP contribution in [0.4, 0.5) is 5.82 Å². The van der Waals surface area contributed by atoms with E-state index >= 15 is 0 Å². The molecule has 0 saturated carbocycles. The number of carbonyl (C=O) groups is 1. The first-order valence-electron chi connectivity index (χ1n) is 8.03. The van der Waals surface area contributed by atoms with Crippen LogP contribution in [0.25, 0.3) is 22.2 Å². The molecule has 0 radical (unpaired) electrons. The number of thiophene rings is 1. The molecule has 0 amide bonds. The van der Waals surface area contributed by atoms with Gasteiger partial charge in [-0.2, -0.15) is 4.98 Å². The van der Waals surface area contributed by atoms with Crippen LogP contribution < -0.4 is 4.90 Å². The molecular formula is C17H16N4O3S. The predicted octanol–water partition coefficient (Wildman–Crippen LogP) is 3.16. The molecular weight excluding hydrogens is 340 g/mol. The Labute approximate surface area is 147 Å². The quantitative estimate of drug-likeness (QED) is 0.767. The van der Waals surface area contributed by atoms with Gasteiger partial charge in [0, 0.05) is 19.3 Å². The van der Waals surface area contributed by atoms with Crippen molar-refractivity contribution < 1.29 is 14.4 Å². The number of carboxylic acids is 1. The van der Waals surface area contributed by atoms with Crippen LogP contribution >= 0.6 is 11.3 Å². The summed E-state index contributed by atoms with van der Waals surface area (Å²) in [6.45, 7) is 1.29. The summed E-state index contributed by atoms with van der Waals surface area (Å²) >= 11 is 1.55. The summed E-state index contributed by atoms with van der Waals surface area (Å²) in [5.41, 5.74) is 0.770. The van der Waals surface area contributed by atoms with Crippen LogP contribution in [-0.2, 0) is 4.79 Å². The largest absolute Gasteiger partial charge is 0.481 e. The second-order valence-corrected chi connectivity index (χ2v) is 6.82. The number of carboxylic acid groups (broad SMARTS) is 1. The lowest BCUT2D eigenvalue weighted by molar-refractivity contribution is -0.142. The minimum Gasteiger partial charge on any atom is -0.481 e. The Morgan fingerprint density at radius 2 is 2.12 bits per heavy atom. The van der Waals surface area contributed by atoms with Gasteiger partial charge in [0.1, 0.15) is 5.82 Å². The van der Waals surface area contributed by atoms with Gasteiger partial charge in [-0.25, -0.2) is 4.98 Å². The first-order chi connectivity index (χ1) is 12.2. The molecule has 3 aromatic heterocycles. The Morgan fingerprint density at radius 3 is 2.84 bits per heavy atom. The average Bonchev–Trinajstić information content (AvgIpc) is 3.33. The molecule has 1 saturated heterocycles. The molecule has 25 heavy (non-hydrogen) atoms. The van der Waals surface area contributed by atoms with Gasteiger partial charge in [-0.15, -0.1) is 11.3 Å². The molecule has 0 unspecified atom stereocenters. The molecule has 8 heteroatoms. The van der Waals surface area contributed by atoms with Crippen molar-refractivity contribution in [1.29, 1.82) is 0 Å². The lowest BCUT2D eigenvalue weighted by atomic mass is 9.97. The van der Waals surface area contributed by atoms with Crippen molar-refractivity contribution in [2.75, 3.05) is 18.0 Å². The van der Waals surface area contributed by atoms with E-state index in [4.69, 9.17) is 9.63 Å². The summed E-state index contributed by atoms with van der Waals surface area (Å²) in [6.07, 6.45) is 2.93. The van der Waals surface area contributed by atoms with Crippen molar-refractivity contribution in [2.24, 2.45) is 5.92 Å². The number of rotatable bonds is 4. The second-order valence-electron chi connectivity index (χ2n) is 5.87. The van der Waals surface area contributed by atoms with Crippen molar-refractivity contribution in [1.82, 2.24) is 15.1 Å². The number of hydrogen-bond donors (Lipinski definition) is 1. The first kappa shape index (κ1) is 15.8. The SMILES string of the molecule is O=C(O)C1CCN(c2ncccc2-c2nc(-c3cccs3)no2)CC1. The summed E-state index contributed by atoms with van der Waals surface area (Å²) in [5, 5.41) is 15.2. The molecule has 3 aromatic rings. The highest BCUT2D eigenvalue weighted by molar-refractivity contribution is 7.13. The summed E-state index contributed by atoms with van der Waals surface area (Å²) in [5.74, 6) is 0.736. The molecule has 4 rings (SSSR count). The summed E-state index contributed by atoms with van der Waals surface area (Å²) in [4.78, 5) is 23.1.